The Morgan fingerprint density at radius 3 is 2.56 bits per heavy atom. The van der Waals surface area contributed by atoms with Crippen molar-refractivity contribution in [2.45, 2.75) is 32.6 Å². The third-order valence-electron chi connectivity index (χ3n) is 4.57. The molecule has 0 aromatic heterocycles. The van der Waals surface area contributed by atoms with Crippen LogP contribution in [0.3, 0.4) is 0 Å². The van der Waals surface area contributed by atoms with E-state index in [0.29, 0.717) is 5.41 Å². The van der Waals surface area contributed by atoms with Crippen molar-refractivity contribution in [3.05, 3.63) is 35.4 Å². The van der Waals surface area contributed by atoms with E-state index in [0.717, 1.165) is 17.7 Å². The molecule has 3 rings (SSSR count). The summed E-state index contributed by atoms with van der Waals surface area (Å²) >= 11 is 6.25. The lowest BCUT2D eigenvalue weighted by atomic mass is 9.78. The van der Waals surface area contributed by atoms with Crippen LogP contribution in [0.4, 0.5) is 0 Å². The first-order valence-electron chi connectivity index (χ1n) is 6.33. The number of hydrogen-bond acceptors (Lipinski definition) is 0. The Kier molecular flexibility index (Phi) is 2.51. The highest BCUT2D eigenvalue weighted by molar-refractivity contribution is 6.18. The summed E-state index contributed by atoms with van der Waals surface area (Å²) in [7, 11) is 0. The second-order valence-corrected chi connectivity index (χ2v) is 6.17. The summed E-state index contributed by atoms with van der Waals surface area (Å²) < 4.78 is 0. The molecular weight excluding hydrogens is 216 g/mol. The number of alkyl halides is 1. The van der Waals surface area contributed by atoms with Crippen LogP contribution in [0.25, 0.3) is 0 Å². The minimum absolute atomic E-state index is 0.418. The smallest absolute Gasteiger partial charge is 0.0283 e. The highest BCUT2D eigenvalue weighted by Gasteiger charge is 2.53. The zero-order valence-corrected chi connectivity index (χ0v) is 10.6. The third-order valence-corrected chi connectivity index (χ3v) is 5.14. The Morgan fingerprint density at radius 2 is 1.94 bits per heavy atom. The van der Waals surface area contributed by atoms with Crippen molar-refractivity contribution in [3.8, 4) is 0 Å². The predicted octanol–water partition coefficient (Wildman–Crippen LogP) is 4.19. The molecule has 2 fully saturated rings. The van der Waals surface area contributed by atoms with Gasteiger partial charge in [0.1, 0.15) is 0 Å². The Morgan fingerprint density at radius 1 is 1.25 bits per heavy atom. The molecule has 0 N–H and O–H groups in total. The lowest BCUT2D eigenvalue weighted by Crippen LogP contribution is -2.24. The second kappa shape index (κ2) is 3.77. The van der Waals surface area contributed by atoms with E-state index in [-0.39, 0.29) is 0 Å². The molecule has 1 aromatic carbocycles. The molecule has 0 aliphatic heterocycles. The molecule has 0 bridgehead atoms. The number of fused-ring (bicyclic) bond motifs is 1. The number of halogens is 1. The molecule has 1 heteroatoms. The largest absolute Gasteiger partial charge is 0.126 e. The van der Waals surface area contributed by atoms with Gasteiger partial charge in [0.25, 0.3) is 0 Å². The van der Waals surface area contributed by atoms with Gasteiger partial charge in [-0.2, -0.15) is 0 Å². The van der Waals surface area contributed by atoms with Crippen molar-refractivity contribution < 1.29 is 0 Å². The standard InChI is InChI=1S/C15H19Cl/c1-11-4-2-3-5-12(11)7-15(10-16)8-13-6-14(13)9-15/h2-5,13-14H,6-10H2,1H3. The van der Waals surface area contributed by atoms with E-state index >= 15 is 0 Å². The van der Waals surface area contributed by atoms with E-state index < -0.39 is 0 Å². The maximum Gasteiger partial charge on any atom is 0.0283 e. The summed E-state index contributed by atoms with van der Waals surface area (Å²) in [6.07, 6.45) is 5.41. The number of rotatable bonds is 3. The van der Waals surface area contributed by atoms with Crippen molar-refractivity contribution in [2.24, 2.45) is 17.3 Å². The average Bonchev–Trinajstić information content (AvgIpc) is 2.91. The second-order valence-electron chi connectivity index (χ2n) is 5.90. The minimum Gasteiger partial charge on any atom is -0.126 e. The van der Waals surface area contributed by atoms with Gasteiger partial charge in [0.2, 0.25) is 0 Å². The van der Waals surface area contributed by atoms with E-state index in [4.69, 9.17) is 11.6 Å². The molecule has 86 valence electrons. The van der Waals surface area contributed by atoms with Crippen molar-refractivity contribution in [3.63, 3.8) is 0 Å². The van der Waals surface area contributed by atoms with Gasteiger partial charge in [-0.05, 0) is 61.0 Å². The normalized spacial score (nSPS) is 36.1. The van der Waals surface area contributed by atoms with Crippen LogP contribution in [0.1, 0.15) is 30.4 Å². The number of aryl methyl sites for hydroxylation is 1. The van der Waals surface area contributed by atoms with Gasteiger partial charge in [0, 0.05) is 5.88 Å². The molecule has 0 heterocycles. The molecule has 2 atom stereocenters. The molecular formula is C15H19Cl. The first-order chi connectivity index (χ1) is 7.72. The Labute approximate surface area is 103 Å². The summed E-state index contributed by atoms with van der Waals surface area (Å²) in [6.45, 7) is 2.22. The van der Waals surface area contributed by atoms with Crippen LogP contribution in [-0.4, -0.2) is 5.88 Å². The monoisotopic (exact) mass is 234 g/mol. The lowest BCUT2D eigenvalue weighted by molar-refractivity contribution is 0.302. The van der Waals surface area contributed by atoms with Crippen LogP contribution >= 0.6 is 11.6 Å². The number of hydrogen-bond donors (Lipinski definition) is 0. The quantitative estimate of drug-likeness (QED) is 0.688. The Hall–Kier alpha value is -0.490. The van der Waals surface area contributed by atoms with Crippen molar-refractivity contribution in [1.82, 2.24) is 0 Å². The van der Waals surface area contributed by atoms with E-state index in [1.54, 1.807) is 0 Å². The first-order valence-corrected chi connectivity index (χ1v) is 6.86. The van der Waals surface area contributed by atoms with Crippen LogP contribution in [0.15, 0.2) is 24.3 Å². The third kappa shape index (κ3) is 1.78. The van der Waals surface area contributed by atoms with E-state index in [1.807, 2.05) is 0 Å². The molecule has 0 radical (unpaired) electrons. The van der Waals surface area contributed by atoms with Crippen LogP contribution in [-0.2, 0) is 6.42 Å². The van der Waals surface area contributed by atoms with Crippen LogP contribution in [0.2, 0.25) is 0 Å². The zero-order chi connectivity index (χ0) is 11.2. The predicted molar refractivity (Wildman–Crippen MR) is 68.9 cm³/mol. The van der Waals surface area contributed by atoms with Crippen LogP contribution in [0.5, 0.6) is 0 Å². The lowest BCUT2D eigenvalue weighted by Gasteiger charge is -2.29. The Bertz CT molecular complexity index is 386. The van der Waals surface area contributed by atoms with Gasteiger partial charge in [-0.3, -0.25) is 0 Å². The molecule has 0 spiro atoms. The fourth-order valence-electron chi connectivity index (χ4n) is 3.52. The summed E-state index contributed by atoms with van der Waals surface area (Å²) in [5.41, 5.74) is 3.35. The van der Waals surface area contributed by atoms with E-state index in [9.17, 15) is 0 Å². The van der Waals surface area contributed by atoms with Gasteiger partial charge in [0.15, 0.2) is 0 Å². The van der Waals surface area contributed by atoms with Crippen molar-refractivity contribution in [1.29, 1.82) is 0 Å². The first kappa shape index (κ1) is 10.7. The van der Waals surface area contributed by atoms with Gasteiger partial charge in [-0.25, -0.2) is 0 Å². The highest BCUT2D eigenvalue weighted by atomic mass is 35.5. The molecule has 2 aliphatic carbocycles. The molecule has 0 nitrogen and oxygen atoms in total. The highest BCUT2D eigenvalue weighted by Crippen LogP contribution is 2.61. The molecule has 1 aromatic rings. The van der Waals surface area contributed by atoms with Gasteiger partial charge in [0.05, 0.1) is 0 Å². The van der Waals surface area contributed by atoms with Crippen molar-refractivity contribution in [2.75, 3.05) is 5.88 Å². The molecule has 0 amide bonds. The summed E-state index contributed by atoms with van der Waals surface area (Å²) in [6, 6.07) is 8.76. The maximum absolute atomic E-state index is 6.25. The topological polar surface area (TPSA) is 0 Å². The van der Waals surface area contributed by atoms with Gasteiger partial charge in [-0.1, -0.05) is 24.3 Å². The fourth-order valence-corrected chi connectivity index (χ4v) is 3.83. The van der Waals surface area contributed by atoms with Crippen molar-refractivity contribution >= 4 is 11.6 Å². The fraction of sp³-hybridized carbons (Fsp3) is 0.600. The minimum atomic E-state index is 0.418. The molecule has 0 saturated heterocycles. The molecule has 2 aliphatic rings. The maximum atomic E-state index is 6.25. The zero-order valence-electron chi connectivity index (χ0n) is 9.88. The van der Waals surface area contributed by atoms with Gasteiger partial charge in [-0.15, -0.1) is 11.6 Å². The Balaban J connectivity index is 1.80. The van der Waals surface area contributed by atoms with Gasteiger partial charge >= 0.3 is 0 Å². The van der Waals surface area contributed by atoms with E-state index in [1.165, 1.54) is 36.8 Å². The van der Waals surface area contributed by atoms with Crippen LogP contribution < -0.4 is 0 Å². The average molecular weight is 235 g/mol. The molecule has 2 unspecified atom stereocenters. The van der Waals surface area contributed by atoms with Gasteiger partial charge < -0.3 is 0 Å². The van der Waals surface area contributed by atoms with E-state index in [2.05, 4.69) is 31.2 Å². The summed E-state index contributed by atoms with van der Waals surface area (Å²) in [4.78, 5) is 0. The number of benzene rings is 1. The summed E-state index contributed by atoms with van der Waals surface area (Å²) in [5, 5.41) is 0. The van der Waals surface area contributed by atoms with Crippen LogP contribution in [0, 0.1) is 24.2 Å². The SMILES string of the molecule is Cc1ccccc1CC1(CCl)CC2CC2C1. The summed E-state index contributed by atoms with van der Waals surface area (Å²) in [5.74, 6) is 2.87. The molecule has 16 heavy (non-hydrogen) atoms. The molecule has 2 saturated carbocycles.